The van der Waals surface area contributed by atoms with Gasteiger partial charge in [-0.05, 0) is 24.7 Å². The Morgan fingerprint density at radius 1 is 1.37 bits per heavy atom. The first kappa shape index (κ1) is 16.0. The van der Waals surface area contributed by atoms with Gasteiger partial charge in [0, 0.05) is 5.92 Å². The van der Waals surface area contributed by atoms with Crippen molar-refractivity contribution in [2.75, 3.05) is 0 Å². The lowest BCUT2D eigenvalue weighted by Crippen LogP contribution is -2.47. The molecule has 0 aromatic heterocycles. The number of hydrogen-bond acceptors (Lipinski definition) is 2. The van der Waals surface area contributed by atoms with E-state index in [1.54, 1.807) is 0 Å². The number of carbonyl (C=O) groups excluding carboxylic acids is 1. The number of carboxylic acid groups (broad SMARTS) is 1. The molecule has 0 aliphatic heterocycles. The monoisotopic (exact) mass is 269 g/mol. The average Bonchev–Trinajstić information content (AvgIpc) is 2.33. The summed E-state index contributed by atoms with van der Waals surface area (Å²) in [5.41, 5.74) is -0.0177. The molecule has 0 radical (unpaired) electrons. The van der Waals surface area contributed by atoms with Gasteiger partial charge in [-0.1, -0.05) is 46.5 Å². The summed E-state index contributed by atoms with van der Waals surface area (Å²) >= 11 is 0. The van der Waals surface area contributed by atoms with Gasteiger partial charge in [-0.3, -0.25) is 4.79 Å². The second-order valence-electron chi connectivity index (χ2n) is 6.33. The highest BCUT2D eigenvalue weighted by Crippen LogP contribution is 2.40. The van der Waals surface area contributed by atoms with E-state index in [4.69, 9.17) is 5.11 Å². The third-order valence-corrected chi connectivity index (χ3v) is 4.28. The standard InChI is InChI=1S/C15H27NO3/c1-4-5-9-12(14(18)19)16-13(17)11-8-6-7-10-15(11,2)3/h11-12H,4-10H2,1-3H3,(H,16,17)(H,18,19)/t11?,12-/m0/s1. The zero-order valence-corrected chi connectivity index (χ0v) is 12.4. The van der Waals surface area contributed by atoms with Crippen LogP contribution in [0.1, 0.15) is 65.7 Å². The van der Waals surface area contributed by atoms with E-state index in [2.05, 4.69) is 19.2 Å². The van der Waals surface area contributed by atoms with Gasteiger partial charge in [0.2, 0.25) is 5.91 Å². The molecule has 1 fully saturated rings. The fraction of sp³-hybridized carbons (Fsp3) is 0.867. The molecule has 0 heterocycles. The molecule has 2 atom stereocenters. The van der Waals surface area contributed by atoms with Crippen molar-refractivity contribution < 1.29 is 14.7 Å². The molecule has 1 saturated carbocycles. The molecule has 0 bridgehead atoms. The normalized spacial score (nSPS) is 23.6. The molecule has 19 heavy (non-hydrogen) atoms. The van der Waals surface area contributed by atoms with Crippen LogP contribution in [-0.4, -0.2) is 23.0 Å². The largest absolute Gasteiger partial charge is 0.480 e. The van der Waals surface area contributed by atoms with Crippen LogP contribution < -0.4 is 5.32 Å². The van der Waals surface area contributed by atoms with Crippen LogP contribution in [0.2, 0.25) is 0 Å². The highest BCUT2D eigenvalue weighted by molar-refractivity contribution is 5.85. The Kier molecular flexibility index (Phi) is 5.83. The van der Waals surface area contributed by atoms with Crippen LogP contribution in [0.15, 0.2) is 0 Å². The molecule has 1 amide bonds. The van der Waals surface area contributed by atoms with Gasteiger partial charge in [0.1, 0.15) is 6.04 Å². The van der Waals surface area contributed by atoms with Crippen molar-refractivity contribution in [3.63, 3.8) is 0 Å². The smallest absolute Gasteiger partial charge is 0.326 e. The fourth-order valence-corrected chi connectivity index (χ4v) is 2.92. The summed E-state index contributed by atoms with van der Waals surface area (Å²) in [5.74, 6) is -1.05. The number of aliphatic carboxylic acids is 1. The van der Waals surface area contributed by atoms with Crippen molar-refractivity contribution in [2.24, 2.45) is 11.3 Å². The highest BCUT2D eigenvalue weighted by atomic mass is 16.4. The molecule has 110 valence electrons. The number of rotatable bonds is 6. The maximum atomic E-state index is 12.3. The van der Waals surface area contributed by atoms with Crippen molar-refractivity contribution in [3.05, 3.63) is 0 Å². The second kappa shape index (κ2) is 6.92. The van der Waals surface area contributed by atoms with E-state index in [1.807, 2.05) is 6.92 Å². The third-order valence-electron chi connectivity index (χ3n) is 4.28. The first-order valence-electron chi connectivity index (χ1n) is 7.41. The zero-order chi connectivity index (χ0) is 14.5. The summed E-state index contributed by atoms with van der Waals surface area (Å²) < 4.78 is 0. The highest BCUT2D eigenvalue weighted by Gasteiger charge is 2.38. The molecule has 4 nitrogen and oxygen atoms in total. The van der Waals surface area contributed by atoms with Crippen LogP contribution in [0.25, 0.3) is 0 Å². The van der Waals surface area contributed by atoms with Gasteiger partial charge in [0.25, 0.3) is 0 Å². The number of carbonyl (C=O) groups is 2. The Bertz CT molecular complexity index is 325. The molecule has 0 saturated heterocycles. The van der Waals surface area contributed by atoms with Gasteiger partial charge in [0.05, 0.1) is 0 Å². The first-order chi connectivity index (χ1) is 8.88. The summed E-state index contributed by atoms with van der Waals surface area (Å²) in [7, 11) is 0. The van der Waals surface area contributed by atoms with E-state index in [0.29, 0.717) is 6.42 Å². The molecule has 1 rings (SSSR count). The molecule has 0 spiro atoms. The summed E-state index contributed by atoms with van der Waals surface area (Å²) in [6, 6.07) is -0.731. The summed E-state index contributed by atoms with van der Waals surface area (Å²) in [6.07, 6.45) is 6.42. The lowest BCUT2D eigenvalue weighted by Gasteiger charge is -2.38. The minimum absolute atomic E-state index is 0.0177. The Balaban J connectivity index is 2.62. The van der Waals surface area contributed by atoms with E-state index in [0.717, 1.165) is 38.5 Å². The average molecular weight is 269 g/mol. The molecule has 1 unspecified atom stereocenters. The van der Waals surface area contributed by atoms with Crippen molar-refractivity contribution in [3.8, 4) is 0 Å². The van der Waals surface area contributed by atoms with Crippen molar-refractivity contribution >= 4 is 11.9 Å². The lowest BCUT2D eigenvalue weighted by molar-refractivity contribution is -0.144. The Hall–Kier alpha value is -1.06. The quantitative estimate of drug-likeness (QED) is 0.779. The van der Waals surface area contributed by atoms with Crippen LogP contribution in [0, 0.1) is 11.3 Å². The molecular weight excluding hydrogens is 242 g/mol. The number of nitrogens with one attached hydrogen (secondary N) is 1. The summed E-state index contributed by atoms with van der Waals surface area (Å²) in [5, 5.41) is 11.9. The van der Waals surface area contributed by atoms with Gasteiger partial charge in [-0.2, -0.15) is 0 Å². The first-order valence-corrected chi connectivity index (χ1v) is 7.41. The SMILES string of the molecule is CCCC[C@H](NC(=O)C1CCCCC1(C)C)C(=O)O. The second-order valence-corrected chi connectivity index (χ2v) is 6.33. The predicted octanol–water partition coefficient (Wildman–Crippen LogP) is 2.96. The third kappa shape index (κ3) is 4.51. The fourth-order valence-electron chi connectivity index (χ4n) is 2.92. The summed E-state index contributed by atoms with van der Waals surface area (Å²) in [6.45, 7) is 6.24. The summed E-state index contributed by atoms with van der Waals surface area (Å²) in [4.78, 5) is 23.5. The van der Waals surface area contributed by atoms with Gasteiger partial charge < -0.3 is 10.4 Å². The van der Waals surface area contributed by atoms with E-state index < -0.39 is 12.0 Å². The molecule has 1 aliphatic carbocycles. The van der Waals surface area contributed by atoms with Gasteiger partial charge in [-0.25, -0.2) is 4.79 Å². The van der Waals surface area contributed by atoms with Gasteiger partial charge in [0.15, 0.2) is 0 Å². The van der Waals surface area contributed by atoms with Crippen molar-refractivity contribution in [2.45, 2.75) is 71.8 Å². The number of amides is 1. The topological polar surface area (TPSA) is 66.4 Å². The molecule has 4 heteroatoms. The van der Waals surface area contributed by atoms with Gasteiger partial charge in [-0.15, -0.1) is 0 Å². The van der Waals surface area contributed by atoms with E-state index in [9.17, 15) is 9.59 Å². The van der Waals surface area contributed by atoms with Crippen molar-refractivity contribution in [1.82, 2.24) is 5.32 Å². The number of unbranched alkanes of at least 4 members (excludes halogenated alkanes) is 1. The number of carboxylic acids is 1. The minimum Gasteiger partial charge on any atom is -0.480 e. The molecular formula is C15H27NO3. The Morgan fingerprint density at radius 2 is 2.05 bits per heavy atom. The Labute approximate surface area is 116 Å². The minimum atomic E-state index is -0.921. The van der Waals surface area contributed by atoms with Crippen LogP contribution >= 0.6 is 0 Å². The van der Waals surface area contributed by atoms with Gasteiger partial charge >= 0.3 is 5.97 Å². The van der Waals surface area contributed by atoms with Crippen molar-refractivity contribution in [1.29, 1.82) is 0 Å². The Morgan fingerprint density at radius 3 is 2.58 bits per heavy atom. The van der Waals surface area contributed by atoms with Crippen LogP contribution in [-0.2, 0) is 9.59 Å². The molecule has 1 aliphatic rings. The van der Waals surface area contributed by atoms with Crippen LogP contribution in [0.4, 0.5) is 0 Å². The van der Waals surface area contributed by atoms with E-state index >= 15 is 0 Å². The maximum Gasteiger partial charge on any atom is 0.326 e. The number of hydrogen-bond donors (Lipinski definition) is 2. The lowest BCUT2D eigenvalue weighted by atomic mass is 9.68. The molecule has 0 aromatic carbocycles. The maximum absolute atomic E-state index is 12.3. The molecule has 2 N–H and O–H groups in total. The predicted molar refractivity (Wildman–Crippen MR) is 74.8 cm³/mol. The van der Waals surface area contributed by atoms with Crippen LogP contribution in [0.3, 0.4) is 0 Å². The van der Waals surface area contributed by atoms with Crippen LogP contribution in [0.5, 0.6) is 0 Å². The van der Waals surface area contributed by atoms with E-state index in [-0.39, 0.29) is 17.2 Å². The molecule has 0 aromatic rings. The zero-order valence-electron chi connectivity index (χ0n) is 12.4. The van der Waals surface area contributed by atoms with E-state index in [1.165, 1.54) is 0 Å².